The number of aryl methyl sites for hydroxylation is 2. The normalized spacial score (nSPS) is 29.6. The van der Waals surface area contributed by atoms with Gasteiger partial charge in [-0.15, -0.1) is 0 Å². The summed E-state index contributed by atoms with van der Waals surface area (Å²) >= 11 is 0. The molecule has 2 nitrogen and oxygen atoms in total. The first-order valence-corrected chi connectivity index (χ1v) is 8.58. The first-order chi connectivity index (χ1) is 10.9. The van der Waals surface area contributed by atoms with Crippen LogP contribution in [0.3, 0.4) is 0 Å². The van der Waals surface area contributed by atoms with Gasteiger partial charge in [-0.3, -0.25) is 4.79 Å². The summed E-state index contributed by atoms with van der Waals surface area (Å²) in [5.74, 6) is 0.648. The zero-order valence-corrected chi connectivity index (χ0v) is 14.4. The standard InChI is InChI=1S/C21H26O2/c1-5-7-21-8-6-18(22)12-20(21)19(13-23-21)16(4)17-10-14(2)9-15(3)11-17/h6,8-11,19-20H,4-5,7,12-13H2,1-3H3. The molecule has 1 aromatic carbocycles. The van der Waals surface area contributed by atoms with Gasteiger partial charge in [0.1, 0.15) is 0 Å². The third-order valence-corrected chi connectivity index (χ3v) is 5.30. The zero-order valence-electron chi connectivity index (χ0n) is 14.4. The van der Waals surface area contributed by atoms with Gasteiger partial charge in [-0.2, -0.15) is 0 Å². The first kappa shape index (κ1) is 16.2. The first-order valence-electron chi connectivity index (χ1n) is 8.58. The number of fused-ring (bicyclic) bond motifs is 1. The van der Waals surface area contributed by atoms with Gasteiger partial charge in [0.2, 0.25) is 0 Å². The predicted octanol–water partition coefficient (Wildman–Crippen LogP) is 4.65. The Bertz CT molecular complexity index is 650. The fourth-order valence-corrected chi connectivity index (χ4v) is 4.26. The maximum absolute atomic E-state index is 12.0. The van der Waals surface area contributed by atoms with Crippen LogP contribution in [0.1, 0.15) is 42.9 Å². The monoisotopic (exact) mass is 310 g/mol. The molecule has 0 N–H and O–H groups in total. The number of hydrogen-bond donors (Lipinski definition) is 0. The smallest absolute Gasteiger partial charge is 0.155 e. The molecular weight excluding hydrogens is 284 g/mol. The number of rotatable bonds is 4. The van der Waals surface area contributed by atoms with Gasteiger partial charge in [0.05, 0.1) is 12.2 Å². The van der Waals surface area contributed by atoms with Crippen molar-refractivity contribution in [1.82, 2.24) is 0 Å². The van der Waals surface area contributed by atoms with E-state index in [4.69, 9.17) is 4.74 Å². The molecule has 1 aliphatic heterocycles. The Morgan fingerprint density at radius 3 is 2.65 bits per heavy atom. The van der Waals surface area contributed by atoms with Crippen molar-refractivity contribution in [2.45, 2.75) is 45.6 Å². The molecule has 2 aliphatic rings. The molecule has 3 rings (SSSR count). The minimum atomic E-state index is -0.269. The summed E-state index contributed by atoms with van der Waals surface area (Å²) in [4.78, 5) is 12.0. The Hall–Kier alpha value is -1.67. The largest absolute Gasteiger partial charge is 0.370 e. The van der Waals surface area contributed by atoms with Crippen LogP contribution in [0, 0.1) is 25.7 Å². The maximum atomic E-state index is 12.0. The summed E-state index contributed by atoms with van der Waals surface area (Å²) < 4.78 is 6.25. The topological polar surface area (TPSA) is 26.3 Å². The van der Waals surface area contributed by atoms with E-state index in [2.05, 4.69) is 45.5 Å². The van der Waals surface area contributed by atoms with Crippen molar-refractivity contribution in [3.63, 3.8) is 0 Å². The van der Waals surface area contributed by atoms with Gasteiger partial charge in [-0.1, -0.05) is 49.2 Å². The van der Waals surface area contributed by atoms with Crippen LogP contribution in [-0.4, -0.2) is 18.0 Å². The molecule has 1 saturated heterocycles. The van der Waals surface area contributed by atoms with Gasteiger partial charge in [-0.05, 0) is 43.6 Å². The molecule has 0 bridgehead atoms. The number of ether oxygens (including phenoxy) is 1. The van der Waals surface area contributed by atoms with Gasteiger partial charge in [0, 0.05) is 18.3 Å². The molecule has 23 heavy (non-hydrogen) atoms. The highest BCUT2D eigenvalue weighted by Gasteiger charge is 2.50. The van der Waals surface area contributed by atoms with Crippen LogP contribution < -0.4 is 0 Å². The summed E-state index contributed by atoms with van der Waals surface area (Å²) in [5, 5.41) is 0. The molecule has 0 aromatic heterocycles. The average molecular weight is 310 g/mol. The predicted molar refractivity (Wildman–Crippen MR) is 94.3 cm³/mol. The maximum Gasteiger partial charge on any atom is 0.155 e. The van der Waals surface area contributed by atoms with E-state index in [0.717, 1.165) is 18.4 Å². The van der Waals surface area contributed by atoms with Gasteiger partial charge >= 0.3 is 0 Å². The molecule has 0 radical (unpaired) electrons. The lowest BCUT2D eigenvalue weighted by Crippen LogP contribution is -2.39. The van der Waals surface area contributed by atoms with Gasteiger partial charge in [0.15, 0.2) is 5.78 Å². The fraction of sp³-hybridized carbons (Fsp3) is 0.476. The van der Waals surface area contributed by atoms with E-state index in [0.29, 0.717) is 13.0 Å². The number of carbonyl (C=O) groups is 1. The van der Waals surface area contributed by atoms with Crippen molar-refractivity contribution >= 4 is 11.4 Å². The number of benzene rings is 1. The number of ketones is 1. The highest BCUT2D eigenvalue weighted by atomic mass is 16.5. The lowest BCUT2D eigenvalue weighted by atomic mass is 9.70. The van der Waals surface area contributed by atoms with Crippen molar-refractivity contribution in [1.29, 1.82) is 0 Å². The molecule has 1 aliphatic carbocycles. The van der Waals surface area contributed by atoms with E-state index >= 15 is 0 Å². The van der Waals surface area contributed by atoms with Crippen LogP contribution in [0.2, 0.25) is 0 Å². The Morgan fingerprint density at radius 1 is 1.30 bits per heavy atom. The van der Waals surface area contributed by atoms with Crippen LogP contribution in [0.25, 0.3) is 5.57 Å². The molecule has 0 saturated carbocycles. The Morgan fingerprint density at radius 2 is 2.00 bits per heavy atom. The highest BCUT2D eigenvalue weighted by molar-refractivity contribution is 5.91. The van der Waals surface area contributed by atoms with Crippen LogP contribution >= 0.6 is 0 Å². The molecule has 0 spiro atoms. The van der Waals surface area contributed by atoms with Crippen LogP contribution in [0.5, 0.6) is 0 Å². The van der Waals surface area contributed by atoms with Gasteiger partial charge in [-0.25, -0.2) is 0 Å². The average Bonchev–Trinajstić information content (AvgIpc) is 2.85. The van der Waals surface area contributed by atoms with Crippen LogP contribution in [0.4, 0.5) is 0 Å². The van der Waals surface area contributed by atoms with E-state index in [-0.39, 0.29) is 23.2 Å². The van der Waals surface area contributed by atoms with E-state index in [1.54, 1.807) is 6.08 Å². The molecule has 3 atom stereocenters. The number of hydrogen-bond acceptors (Lipinski definition) is 2. The zero-order chi connectivity index (χ0) is 16.6. The van der Waals surface area contributed by atoms with E-state index in [1.807, 2.05) is 6.08 Å². The summed E-state index contributed by atoms with van der Waals surface area (Å²) in [6.45, 7) is 11.4. The number of allylic oxidation sites excluding steroid dienone is 1. The number of carbonyl (C=O) groups excluding carboxylic acids is 1. The van der Waals surface area contributed by atoms with Crippen LogP contribution in [0.15, 0.2) is 36.9 Å². The molecule has 1 fully saturated rings. The summed E-state index contributed by atoms with van der Waals surface area (Å²) in [6, 6.07) is 6.56. The lowest BCUT2D eigenvalue weighted by molar-refractivity contribution is -0.118. The SMILES string of the molecule is C=C(c1cc(C)cc(C)c1)C1COC2(CCC)C=CC(=O)CC12. The Labute approximate surface area is 139 Å². The van der Waals surface area contributed by atoms with E-state index < -0.39 is 0 Å². The quantitative estimate of drug-likeness (QED) is 0.809. The third kappa shape index (κ3) is 2.92. The third-order valence-electron chi connectivity index (χ3n) is 5.30. The fourth-order valence-electron chi connectivity index (χ4n) is 4.26. The second-order valence-corrected chi connectivity index (χ2v) is 7.13. The summed E-state index contributed by atoms with van der Waals surface area (Å²) in [7, 11) is 0. The Kier molecular flexibility index (Phi) is 4.29. The lowest BCUT2D eigenvalue weighted by Gasteiger charge is -2.35. The Balaban J connectivity index is 1.93. The minimum absolute atomic E-state index is 0.213. The molecule has 122 valence electrons. The molecule has 1 heterocycles. The summed E-state index contributed by atoms with van der Waals surface area (Å²) in [6.07, 6.45) is 6.33. The van der Waals surface area contributed by atoms with Crippen molar-refractivity contribution in [2.24, 2.45) is 11.8 Å². The second kappa shape index (κ2) is 6.09. The molecule has 3 unspecified atom stereocenters. The van der Waals surface area contributed by atoms with Crippen molar-refractivity contribution in [3.8, 4) is 0 Å². The molecule has 2 heteroatoms. The van der Waals surface area contributed by atoms with Crippen molar-refractivity contribution in [3.05, 3.63) is 53.6 Å². The van der Waals surface area contributed by atoms with Crippen LogP contribution in [-0.2, 0) is 9.53 Å². The van der Waals surface area contributed by atoms with Gasteiger partial charge in [0.25, 0.3) is 0 Å². The minimum Gasteiger partial charge on any atom is -0.370 e. The summed E-state index contributed by atoms with van der Waals surface area (Å²) in [5.41, 5.74) is 4.53. The highest BCUT2D eigenvalue weighted by Crippen LogP contribution is 2.49. The molecule has 1 aromatic rings. The van der Waals surface area contributed by atoms with Crippen molar-refractivity contribution < 1.29 is 9.53 Å². The van der Waals surface area contributed by atoms with E-state index in [9.17, 15) is 4.79 Å². The molecular formula is C21H26O2. The van der Waals surface area contributed by atoms with E-state index in [1.165, 1.54) is 16.7 Å². The molecule has 0 amide bonds. The second-order valence-electron chi connectivity index (χ2n) is 7.13. The van der Waals surface area contributed by atoms with Gasteiger partial charge < -0.3 is 4.74 Å². The van der Waals surface area contributed by atoms with Crippen molar-refractivity contribution in [2.75, 3.05) is 6.61 Å².